The first kappa shape index (κ1) is 28.5. The van der Waals surface area contributed by atoms with Crippen LogP contribution in [0.5, 0.6) is 0 Å². The van der Waals surface area contributed by atoms with Crippen LogP contribution in [0.15, 0.2) is 176 Å². The van der Waals surface area contributed by atoms with E-state index in [2.05, 4.69) is 125 Å². The van der Waals surface area contributed by atoms with Gasteiger partial charge >= 0.3 is 0 Å². The van der Waals surface area contributed by atoms with Gasteiger partial charge in [0, 0.05) is 18.0 Å². The molecule has 4 nitrogen and oxygen atoms in total. The lowest BCUT2D eigenvalue weighted by Crippen LogP contribution is -2.21. The molecule has 1 aromatic heterocycles. The quantitative estimate of drug-likeness (QED) is 0.115. The number of hydrogen-bond acceptors (Lipinski definition) is 4. The minimum Gasteiger partial charge on any atom is -0.301 e. The van der Waals surface area contributed by atoms with E-state index in [4.69, 9.17) is 5.41 Å². The fourth-order valence-electron chi connectivity index (χ4n) is 5.58. The van der Waals surface area contributed by atoms with E-state index in [1.807, 2.05) is 60.8 Å². The second kappa shape index (κ2) is 13.2. The normalized spacial score (nSPS) is 11.3. The van der Waals surface area contributed by atoms with E-state index in [9.17, 15) is 0 Å². The summed E-state index contributed by atoms with van der Waals surface area (Å²) in [6, 6.07) is 54.0. The number of aromatic nitrogens is 1. The van der Waals surface area contributed by atoms with Crippen molar-refractivity contribution in [3.8, 4) is 33.4 Å². The molecule has 0 unspecified atom stereocenters. The molecule has 0 aliphatic carbocycles. The van der Waals surface area contributed by atoms with Gasteiger partial charge in [-0.25, -0.2) is 0 Å². The van der Waals surface area contributed by atoms with Crippen LogP contribution in [0.2, 0.25) is 0 Å². The summed E-state index contributed by atoms with van der Waals surface area (Å²) < 4.78 is 0. The Morgan fingerprint density at radius 1 is 0.500 bits per heavy atom. The van der Waals surface area contributed by atoms with Gasteiger partial charge in [-0.1, -0.05) is 127 Å². The van der Waals surface area contributed by atoms with Crippen LogP contribution in [0.4, 0.5) is 5.69 Å². The van der Waals surface area contributed by atoms with Gasteiger partial charge < -0.3 is 16.3 Å². The fraction of sp³-hybridized carbons (Fsp3) is 0. The summed E-state index contributed by atoms with van der Waals surface area (Å²) >= 11 is 0. The van der Waals surface area contributed by atoms with Crippen molar-refractivity contribution in [3.05, 3.63) is 187 Å². The minimum absolute atomic E-state index is 0.404. The lowest BCUT2D eigenvalue weighted by molar-refractivity contribution is 1.08. The minimum atomic E-state index is 0.404. The van der Waals surface area contributed by atoms with Crippen LogP contribution in [0.1, 0.15) is 11.1 Å². The van der Waals surface area contributed by atoms with E-state index in [1.165, 1.54) is 10.8 Å². The van der Waals surface area contributed by atoms with E-state index in [-0.39, 0.29) is 0 Å². The van der Waals surface area contributed by atoms with Gasteiger partial charge in [0.25, 0.3) is 0 Å². The number of allylic oxidation sites excluding steroid dienone is 1. The van der Waals surface area contributed by atoms with Crippen molar-refractivity contribution in [2.24, 2.45) is 0 Å². The van der Waals surface area contributed by atoms with Crippen LogP contribution in [0.25, 0.3) is 49.9 Å². The zero-order chi connectivity index (χ0) is 31.1. The Balaban J connectivity index is 1.19. The molecule has 0 spiro atoms. The molecule has 0 fully saturated rings. The van der Waals surface area contributed by atoms with Crippen molar-refractivity contribution in [1.29, 1.82) is 5.41 Å². The second-order valence-electron chi connectivity index (χ2n) is 11.1. The molecular formula is C42H32N4. The molecule has 0 saturated carbocycles. The van der Waals surface area contributed by atoms with E-state index in [0.717, 1.165) is 55.9 Å². The monoisotopic (exact) mass is 592 g/mol. The molecule has 220 valence electrons. The first-order valence-corrected chi connectivity index (χ1v) is 15.3. The number of pyridine rings is 1. The molecule has 0 amide bonds. The number of hydrogen-bond donors (Lipinski definition) is 3. The molecule has 7 aromatic rings. The van der Waals surface area contributed by atoms with Crippen molar-refractivity contribution in [2.75, 3.05) is 5.43 Å². The maximum Gasteiger partial charge on any atom is 0.0633 e. The predicted molar refractivity (Wildman–Crippen MR) is 192 cm³/mol. The standard InChI is InChI=1S/C42H32N4/c43-41(38-15-6-13-35(26-38)37-23-20-31-11-4-5-12-34(31)25-37)28-42(33-21-18-32(19-22-33)39-16-8-24-44-29-39)46-45-40-17-7-14-36(27-40)30-9-2-1-3-10-30/h1-29,43,45-46H/b42-28-,43-41?. The number of anilines is 1. The Kier molecular flexibility index (Phi) is 8.16. The molecule has 0 aliphatic heterocycles. The van der Waals surface area contributed by atoms with E-state index >= 15 is 0 Å². The zero-order valence-electron chi connectivity index (χ0n) is 25.2. The summed E-state index contributed by atoms with van der Waals surface area (Å²) in [5, 5.41) is 11.6. The van der Waals surface area contributed by atoms with Gasteiger partial charge in [0.15, 0.2) is 0 Å². The molecule has 0 bridgehead atoms. The second-order valence-corrected chi connectivity index (χ2v) is 11.1. The van der Waals surface area contributed by atoms with Crippen molar-refractivity contribution >= 4 is 27.9 Å². The average Bonchev–Trinajstić information content (AvgIpc) is 3.14. The number of nitrogens with one attached hydrogen (secondary N) is 3. The smallest absolute Gasteiger partial charge is 0.0633 e. The number of hydrazine groups is 1. The lowest BCUT2D eigenvalue weighted by Gasteiger charge is -2.16. The summed E-state index contributed by atoms with van der Waals surface area (Å²) in [7, 11) is 0. The largest absolute Gasteiger partial charge is 0.301 e. The molecule has 0 saturated heterocycles. The number of fused-ring (bicyclic) bond motifs is 1. The van der Waals surface area contributed by atoms with Crippen molar-refractivity contribution in [3.63, 3.8) is 0 Å². The molecule has 3 N–H and O–H groups in total. The highest BCUT2D eigenvalue weighted by Crippen LogP contribution is 2.27. The summed E-state index contributed by atoms with van der Waals surface area (Å²) in [5.74, 6) is 0. The lowest BCUT2D eigenvalue weighted by atomic mass is 9.97. The SMILES string of the molecule is N=C(/C=C(\NNc1cccc(-c2ccccc2)c1)c1ccc(-c2cccnc2)cc1)c1cccc(-c2ccc3ccccc3c2)c1. The maximum atomic E-state index is 9.15. The molecule has 1 heterocycles. The Morgan fingerprint density at radius 3 is 1.96 bits per heavy atom. The maximum absolute atomic E-state index is 9.15. The van der Waals surface area contributed by atoms with E-state index in [0.29, 0.717) is 5.71 Å². The van der Waals surface area contributed by atoms with Crippen LogP contribution in [0, 0.1) is 5.41 Å². The first-order valence-electron chi connectivity index (χ1n) is 15.3. The summed E-state index contributed by atoms with van der Waals surface area (Å²) in [5.41, 5.74) is 17.3. The van der Waals surface area contributed by atoms with Gasteiger partial charge in [-0.2, -0.15) is 0 Å². The van der Waals surface area contributed by atoms with Gasteiger partial charge in [-0.15, -0.1) is 0 Å². The van der Waals surface area contributed by atoms with Crippen molar-refractivity contribution in [2.45, 2.75) is 0 Å². The molecule has 6 aromatic carbocycles. The summed E-state index contributed by atoms with van der Waals surface area (Å²) in [6.45, 7) is 0. The highest BCUT2D eigenvalue weighted by Gasteiger charge is 2.09. The third-order valence-electron chi connectivity index (χ3n) is 8.05. The summed E-state index contributed by atoms with van der Waals surface area (Å²) in [4.78, 5) is 4.27. The molecule has 0 aliphatic rings. The Labute approximate surface area is 269 Å². The zero-order valence-corrected chi connectivity index (χ0v) is 25.2. The first-order chi connectivity index (χ1) is 22.7. The number of benzene rings is 6. The van der Waals surface area contributed by atoms with Gasteiger partial charge in [0.2, 0.25) is 0 Å². The van der Waals surface area contributed by atoms with Gasteiger partial charge in [-0.05, 0) is 86.1 Å². The van der Waals surface area contributed by atoms with E-state index in [1.54, 1.807) is 6.20 Å². The Bertz CT molecular complexity index is 2150. The predicted octanol–water partition coefficient (Wildman–Crippen LogP) is 10.3. The van der Waals surface area contributed by atoms with E-state index < -0.39 is 0 Å². The number of nitrogens with zero attached hydrogens (tertiary/aromatic N) is 1. The average molecular weight is 593 g/mol. The van der Waals surface area contributed by atoms with Gasteiger partial charge in [0.1, 0.15) is 0 Å². The Morgan fingerprint density at radius 2 is 1.15 bits per heavy atom. The van der Waals surface area contributed by atoms with Crippen LogP contribution < -0.4 is 10.9 Å². The molecule has 0 radical (unpaired) electrons. The molecular weight excluding hydrogens is 560 g/mol. The van der Waals surface area contributed by atoms with Crippen LogP contribution in [0.3, 0.4) is 0 Å². The Hall–Kier alpha value is -6.26. The highest BCUT2D eigenvalue weighted by molar-refractivity contribution is 6.10. The molecule has 4 heteroatoms. The van der Waals surface area contributed by atoms with Crippen LogP contribution in [-0.4, -0.2) is 10.7 Å². The number of rotatable bonds is 9. The molecule has 46 heavy (non-hydrogen) atoms. The third kappa shape index (κ3) is 6.47. The van der Waals surface area contributed by atoms with Gasteiger partial charge in [-0.3, -0.25) is 4.98 Å². The topological polar surface area (TPSA) is 60.8 Å². The molecule has 7 rings (SSSR count). The van der Waals surface area contributed by atoms with Crippen LogP contribution >= 0.6 is 0 Å². The fourth-order valence-corrected chi connectivity index (χ4v) is 5.58. The molecule has 0 atom stereocenters. The highest BCUT2D eigenvalue weighted by atomic mass is 15.4. The van der Waals surface area contributed by atoms with Crippen LogP contribution in [-0.2, 0) is 0 Å². The van der Waals surface area contributed by atoms with Crippen molar-refractivity contribution in [1.82, 2.24) is 10.4 Å². The summed E-state index contributed by atoms with van der Waals surface area (Å²) in [6.07, 6.45) is 5.53. The van der Waals surface area contributed by atoms with Gasteiger partial charge in [0.05, 0.1) is 17.1 Å². The third-order valence-corrected chi connectivity index (χ3v) is 8.05. The van der Waals surface area contributed by atoms with Crippen molar-refractivity contribution < 1.29 is 0 Å².